The Hall–Kier alpha value is 0. The zero-order valence-electron chi connectivity index (χ0n) is 6.10. The summed E-state index contributed by atoms with van der Waals surface area (Å²) in [4.78, 5) is 0. The van der Waals surface area contributed by atoms with Gasteiger partial charge < -0.3 is 0 Å². The fourth-order valence-corrected chi connectivity index (χ4v) is 2.69. The van der Waals surface area contributed by atoms with Crippen LogP contribution in [0.2, 0.25) is 0 Å². The van der Waals surface area contributed by atoms with E-state index in [9.17, 15) is 0 Å². The topological polar surface area (TPSA) is 0 Å². The van der Waals surface area contributed by atoms with Gasteiger partial charge in [-0.1, -0.05) is 112 Å². The van der Waals surface area contributed by atoms with Gasteiger partial charge in [0, 0.05) is 0 Å². The molecule has 0 bridgehead atoms. The van der Waals surface area contributed by atoms with Crippen molar-refractivity contribution in [2.24, 2.45) is 11.8 Å². The molecule has 0 aromatic rings. The van der Waals surface area contributed by atoms with Gasteiger partial charge in [0.25, 0.3) is 0 Å². The molecule has 0 heterocycles. The fraction of sp³-hybridized carbons (Fsp3) is 1.00. The molecule has 2 unspecified atom stereocenters. The molecule has 0 aromatic heterocycles. The molecule has 2 saturated carbocycles. The van der Waals surface area contributed by atoms with Gasteiger partial charge in [0.15, 0.2) is 0 Å². The van der Waals surface area contributed by atoms with Crippen molar-refractivity contribution in [3.05, 3.63) is 0 Å². The van der Waals surface area contributed by atoms with Gasteiger partial charge in [0.1, 0.15) is 0 Å². The normalized spacial score (nSPS) is 21.3. The van der Waals surface area contributed by atoms with Crippen molar-refractivity contribution < 1.29 is 0 Å². The standard InChI is InChI=1S/C9H16.9CH4/c1-2-5-9-7-3-6-8(9)4-1;;;;;;;;;/h8-9H,1-7H2;9*1H4. The minimum absolute atomic E-state index is 0. The van der Waals surface area contributed by atoms with Gasteiger partial charge >= 0.3 is 0 Å². The van der Waals surface area contributed by atoms with E-state index < -0.39 is 0 Å². The number of hydrogen-bond donors (Lipinski definition) is 0. The number of hydrogen-bond acceptors (Lipinski definition) is 0. The molecule has 0 N–H and O–H groups in total. The van der Waals surface area contributed by atoms with Crippen LogP contribution in [-0.4, -0.2) is 0 Å². The Kier molecular flexibility index (Phi) is 74.4. The first-order valence-corrected chi connectivity index (χ1v) is 4.47. The highest BCUT2D eigenvalue weighted by atomic mass is 14.3. The average Bonchev–Trinajstić information content (AvgIpc) is 2.33. The van der Waals surface area contributed by atoms with Crippen molar-refractivity contribution in [1.82, 2.24) is 0 Å². The third kappa shape index (κ3) is 12.5. The molecule has 2 rings (SSSR count). The van der Waals surface area contributed by atoms with Crippen molar-refractivity contribution in [3.63, 3.8) is 0 Å². The summed E-state index contributed by atoms with van der Waals surface area (Å²) in [6.45, 7) is 0. The van der Waals surface area contributed by atoms with Gasteiger partial charge in [-0.25, -0.2) is 0 Å². The van der Waals surface area contributed by atoms with Crippen LogP contribution >= 0.6 is 0 Å². The summed E-state index contributed by atoms with van der Waals surface area (Å²) in [5.41, 5.74) is 0. The third-order valence-electron chi connectivity index (χ3n) is 3.22. The van der Waals surface area contributed by atoms with E-state index >= 15 is 0 Å². The summed E-state index contributed by atoms with van der Waals surface area (Å²) >= 11 is 0. The van der Waals surface area contributed by atoms with E-state index in [4.69, 9.17) is 0 Å². The van der Waals surface area contributed by atoms with Gasteiger partial charge in [0.2, 0.25) is 0 Å². The van der Waals surface area contributed by atoms with E-state index in [0.29, 0.717) is 0 Å². The molecule has 0 aromatic carbocycles. The number of fused-ring (bicyclic) bond motifs is 1. The second-order valence-electron chi connectivity index (χ2n) is 3.74. The van der Waals surface area contributed by atoms with Crippen LogP contribution in [0.1, 0.15) is 112 Å². The Labute approximate surface area is 124 Å². The summed E-state index contributed by atoms with van der Waals surface area (Å²) in [6.07, 6.45) is 10.8. The van der Waals surface area contributed by atoms with Gasteiger partial charge in [-0.2, -0.15) is 0 Å². The summed E-state index contributed by atoms with van der Waals surface area (Å²) < 4.78 is 0. The maximum atomic E-state index is 1.56. The van der Waals surface area contributed by atoms with E-state index in [1.54, 1.807) is 25.7 Å². The smallest absolute Gasteiger partial charge is 0.0386 e. The molecule has 0 radical (unpaired) electrons. The van der Waals surface area contributed by atoms with Crippen LogP contribution < -0.4 is 0 Å². The van der Waals surface area contributed by atoms with Crippen molar-refractivity contribution in [2.75, 3.05) is 0 Å². The summed E-state index contributed by atoms with van der Waals surface area (Å²) in [6, 6.07) is 0. The average molecular weight is 269 g/mol. The van der Waals surface area contributed by atoms with E-state index in [1.165, 1.54) is 31.1 Å². The Morgan fingerprint density at radius 3 is 0.833 bits per heavy atom. The zero-order chi connectivity index (χ0) is 6.10. The predicted molar refractivity (Wildman–Crippen MR) is 99.9 cm³/mol. The summed E-state index contributed by atoms with van der Waals surface area (Å²) in [5.74, 6) is 2.33. The third-order valence-corrected chi connectivity index (χ3v) is 3.22. The molecule has 2 aliphatic rings. The van der Waals surface area contributed by atoms with E-state index in [0.717, 1.165) is 0 Å². The SMILES string of the molecule is C.C.C.C.C.C.C.C.C.C1CCC2CCCC2C1. The highest BCUT2D eigenvalue weighted by molar-refractivity contribution is 4.80. The largest absolute Gasteiger partial charge is 0.0776 e. The maximum absolute atomic E-state index is 1.56. The lowest BCUT2D eigenvalue weighted by Gasteiger charge is -2.24. The van der Waals surface area contributed by atoms with Crippen molar-refractivity contribution >= 4 is 0 Å². The van der Waals surface area contributed by atoms with Crippen LogP contribution in [0.4, 0.5) is 0 Å². The summed E-state index contributed by atoms with van der Waals surface area (Å²) in [5, 5.41) is 0. The second kappa shape index (κ2) is 25.8. The quantitative estimate of drug-likeness (QED) is 0.412. The molecule has 0 amide bonds. The first kappa shape index (κ1) is 52.0. The van der Waals surface area contributed by atoms with Gasteiger partial charge in [-0.15, -0.1) is 0 Å². The monoisotopic (exact) mass is 268 g/mol. The summed E-state index contributed by atoms with van der Waals surface area (Å²) in [7, 11) is 0. The molecule has 2 aliphatic carbocycles. The highest BCUT2D eigenvalue weighted by Gasteiger charge is 2.28. The molecule has 0 nitrogen and oxygen atoms in total. The lowest BCUT2D eigenvalue weighted by Crippen LogP contribution is -2.12. The minimum atomic E-state index is 0. The van der Waals surface area contributed by atoms with Crippen molar-refractivity contribution in [1.29, 1.82) is 0 Å². The molecule has 2 atom stereocenters. The highest BCUT2D eigenvalue weighted by Crippen LogP contribution is 2.41. The number of rotatable bonds is 0. The Bertz CT molecular complexity index is 84.2. The Morgan fingerprint density at radius 2 is 0.556 bits per heavy atom. The predicted octanol–water partition coefficient (Wildman–Crippen LogP) is 8.70. The van der Waals surface area contributed by atoms with Crippen LogP contribution in [0.15, 0.2) is 0 Å². The van der Waals surface area contributed by atoms with Gasteiger partial charge in [0.05, 0.1) is 0 Å². The lowest BCUT2D eigenvalue weighted by atomic mass is 9.82. The lowest BCUT2D eigenvalue weighted by molar-refractivity contribution is 0.277. The van der Waals surface area contributed by atoms with Crippen LogP contribution in [0.3, 0.4) is 0 Å². The van der Waals surface area contributed by atoms with Crippen LogP contribution in [0.5, 0.6) is 0 Å². The zero-order valence-corrected chi connectivity index (χ0v) is 6.10. The van der Waals surface area contributed by atoms with Crippen LogP contribution in [0.25, 0.3) is 0 Å². The van der Waals surface area contributed by atoms with E-state index in [2.05, 4.69) is 0 Å². The molecular formula is C18H52. The van der Waals surface area contributed by atoms with Crippen molar-refractivity contribution in [3.8, 4) is 0 Å². The first-order valence-electron chi connectivity index (χ1n) is 4.47. The van der Waals surface area contributed by atoms with Crippen LogP contribution in [0, 0.1) is 11.8 Å². The van der Waals surface area contributed by atoms with Gasteiger partial charge in [-0.05, 0) is 11.8 Å². The Morgan fingerprint density at radius 1 is 0.333 bits per heavy atom. The molecule has 0 saturated heterocycles. The minimum Gasteiger partial charge on any atom is -0.0776 e. The Balaban J connectivity index is -0.0000000185. The molecule has 0 aliphatic heterocycles. The van der Waals surface area contributed by atoms with Crippen molar-refractivity contribution in [2.45, 2.75) is 112 Å². The second-order valence-corrected chi connectivity index (χ2v) is 3.74. The maximum Gasteiger partial charge on any atom is -0.0386 e. The van der Waals surface area contributed by atoms with Crippen LogP contribution in [-0.2, 0) is 0 Å². The molecule has 0 heteroatoms. The fourth-order valence-electron chi connectivity index (χ4n) is 2.69. The first-order chi connectivity index (χ1) is 4.47. The van der Waals surface area contributed by atoms with Gasteiger partial charge in [-0.3, -0.25) is 0 Å². The van der Waals surface area contributed by atoms with E-state index in [-0.39, 0.29) is 66.8 Å². The molecule has 2 fully saturated rings. The molecular weight excluding hydrogens is 216 g/mol. The molecule has 124 valence electrons. The molecule has 18 heavy (non-hydrogen) atoms. The molecule has 0 spiro atoms. The van der Waals surface area contributed by atoms with E-state index in [1.807, 2.05) is 0 Å².